The smallest absolute Gasteiger partial charge is 0.00927 e. The summed E-state index contributed by atoms with van der Waals surface area (Å²) >= 11 is 4.25. The molecule has 0 spiro atoms. The summed E-state index contributed by atoms with van der Waals surface area (Å²) in [7, 11) is 0. The maximum Gasteiger partial charge on any atom is -0.00927 e. The number of rotatable bonds is 6. The van der Waals surface area contributed by atoms with Crippen molar-refractivity contribution in [2.45, 2.75) is 46.5 Å². The normalized spacial score (nSPS) is 12.7. The van der Waals surface area contributed by atoms with Crippen molar-refractivity contribution in [2.24, 2.45) is 5.41 Å². The highest BCUT2D eigenvalue weighted by Gasteiger charge is 2.13. The van der Waals surface area contributed by atoms with Crippen molar-refractivity contribution >= 4 is 12.6 Å². The Balaban J connectivity index is 3.59. The molecule has 0 N–H and O–H groups in total. The SMILES string of the molecule is CCC/C=C/CC(C)(C)CCS. The summed E-state index contributed by atoms with van der Waals surface area (Å²) < 4.78 is 0. The van der Waals surface area contributed by atoms with E-state index in [4.69, 9.17) is 0 Å². The molecule has 0 aromatic rings. The highest BCUT2D eigenvalue weighted by molar-refractivity contribution is 7.80. The average Bonchev–Trinajstić information content (AvgIpc) is 1.98. The molecule has 0 aromatic carbocycles. The monoisotopic (exact) mass is 186 g/mol. The lowest BCUT2D eigenvalue weighted by Gasteiger charge is -2.21. The van der Waals surface area contributed by atoms with Crippen LogP contribution < -0.4 is 0 Å². The highest BCUT2D eigenvalue weighted by Crippen LogP contribution is 2.25. The average molecular weight is 186 g/mol. The van der Waals surface area contributed by atoms with Crippen LogP contribution in [-0.2, 0) is 0 Å². The Morgan fingerprint density at radius 2 is 1.92 bits per heavy atom. The summed E-state index contributed by atoms with van der Waals surface area (Å²) in [6.45, 7) is 6.82. The second kappa shape index (κ2) is 6.59. The van der Waals surface area contributed by atoms with Gasteiger partial charge in [0.1, 0.15) is 0 Å². The Labute approximate surface area is 82.9 Å². The summed E-state index contributed by atoms with van der Waals surface area (Å²) in [4.78, 5) is 0. The van der Waals surface area contributed by atoms with Gasteiger partial charge in [0.2, 0.25) is 0 Å². The number of hydrogen-bond donors (Lipinski definition) is 1. The second-order valence-corrected chi connectivity index (χ2v) is 4.55. The molecule has 0 amide bonds. The van der Waals surface area contributed by atoms with Crippen LogP contribution in [0, 0.1) is 5.41 Å². The zero-order valence-corrected chi connectivity index (χ0v) is 9.53. The topological polar surface area (TPSA) is 0 Å². The van der Waals surface area contributed by atoms with E-state index in [-0.39, 0.29) is 0 Å². The quantitative estimate of drug-likeness (QED) is 0.469. The van der Waals surface area contributed by atoms with Crippen molar-refractivity contribution in [3.05, 3.63) is 12.2 Å². The molecule has 0 saturated heterocycles. The lowest BCUT2D eigenvalue weighted by atomic mass is 9.86. The van der Waals surface area contributed by atoms with Gasteiger partial charge < -0.3 is 0 Å². The molecule has 0 aliphatic carbocycles. The van der Waals surface area contributed by atoms with E-state index in [9.17, 15) is 0 Å². The zero-order chi connectivity index (χ0) is 9.45. The molecule has 12 heavy (non-hydrogen) atoms. The standard InChI is InChI=1S/C11H22S/c1-4-5-6-7-8-11(2,3)9-10-12/h6-7,12H,4-5,8-10H2,1-3H3/b7-6+. The van der Waals surface area contributed by atoms with Gasteiger partial charge in [-0.2, -0.15) is 12.6 Å². The van der Waals surface area contributed by atoms with Gasteiger partial charge in [-0.25, -0.2) is 0 Å². The Morgan fingerprint density at radius 1 is 1.25 bits per heavy atom. The minimum Gasteiger partial charge on any atom is -0.179 e. The van der Waals surface area contributed by atoms with Crippen LogP contribution in [0.3, 0.4) is 0 Å². The van der Waals surface area contributed by atoms with Gasteiger partial charge in [0.05, 0.1) is 0 Å². The molecule has 0 saturated carbocycles. The zero-order valence-electron chi connectivity index (χ0n) is 8.64. The maximum absolute atomic E-state index is 4.25. The molecule has 1 heteroatoms. The van der Waals surface area contributed by atoms with E-state index in [1.807, 2.05) is 0 Å². The first-order chi connectivity index (χ1) is 5.62. The van der Waals surface area contributed by atoms with Gasteiger partial charge in [-0.15, -0.1) is 0 Å². The molecule has 0 unspecified atom stereocenters. The van der Waals surface area contributed by atoms with Crippen molar-refractivity contribution in [2.75, 3.05) is 5.75 Å². The van der Waals surface area contributed by atoms with Gasteiger partial charge in [0.25, 0.3) is 0 Å². The Morgan fingerprint density at radius 3 is 2.42 bits per heavy atom. The molecule has 0 radical (unpaired) electrons. The predicted octanol–water partition coefficient (Wildman–Crippen LogP) is 4.08. The minimum atomic E-state index is 0.436. The third kappa shape index (κ3) is 6.78. The lowest BCUT2D eigenvalue weighted by molar-refractivity contribution is 0.360. The van der Waals surface area contributed by atoms with Crippen LogP contribution in [0.2, 0.25) is 0 Å². The van der Waals surface area contributed by atoms with E-state index < -0.39 is 0 Å². The van der Waals surface area contributed by atoms with E-state index in [0.29, 0.717) is 5.41 Å². The summed E-state index contributed by atoms with van der Waals surface area (Å²) in [6.07, 6.45) is 9.47. The van der Waals surface area contributed by atoms with Crippen LogP contribution in [0.5, 0.6) is 0 Å². The van der Waals surface area contributed by atoms with Crippen LogP contribution in [0.4, 0.5) is 0 Å². The van der Waals surface area contributed by atoms with Crippen molar-refractivity contribution in [3.8, 4) is 0 Å². The molecule has 0 nitrogen and oxygen atoms in total. The van der Waals surface area contributed by atoms with Crippen molar-refractivity contribution in [3.63, 3.8) is 0 Å². The first kappa shape index (κ1) is 12.1. The van der Waals surface area contributed by atoms with Crippen molar-refractivity contribution in [1.82, 2.24) is 0 Å². The van der Waals surface area contributed by atoms with Gasteiger partial charge in [0, 0.05) is 0 Å². The first-order valence-corrected chi connectivity index (χ1v) is 5.51. The molecule has 0 heterocycles. The fraction of sp³-hybridized carbons (Fsp3) is 0.818. The van der Waals surface area contributed by atoms with E-state index >= 15 is 0 Å². The molecule has 0 aliphatic rings. The summed E-state index contributed by atoms with van der Waals surface area (Å²) in [5.74, 6) is 0.995. The number of thiol groups is 1. The van der Waals surface area contributed by atoms with Crippen molar-refractivity contribution in [1.29, 1.82) is 0 Å². The Hall–Kier alpha value is 0.0900. The van der Waals surface area contributed by atoms with E-state index in [1.54, 1.807) is 0 Å². The molecular formula is C11H22S. The molecule has 0 atom stereocenters. The summed E-state index contributed by atoms with van der Waals surface area (Å²) in [5, 5.41) is 0. The summed E-state index contributed by atoms with van der Waals surface area (Å²) in [6, 6.07) is 0. The third-order valence-corrected chi connectivity index (χ3v) is 2.30. The fourth-order valence-electron chi connectivity index (χ4n) is 1.09. The first-order valence-electron chi connectivity index (χ1n) is 4.88. The van der Waals surface area contributed by atoms with Crippen molar-refractivity contribution < 1.29 is 0 Å². The predicted molar refractivity (Wildman–Crippen MR) is 60.9 cm³/mol. The van der Waals surface area contributed by atoms with Crippen LogP contribution >= 0.6 is 12.6 Å². The molecular weight excluding hydrogens is 164 g/mol. The summed E-state index contributed by atoms with van der Waals surface area (Å²) in [5.41, 5.74) is 0.436. The van der Waals surface area contributed by atoms with Crippen LogP contribution in [0.15, 0.2) is 12.2 Å². The molecule has 0 aliphatic heterocycles. The lowest BCUT2D eigenvalue weighted by Crippen LogP contribution is -2.10. The molecule has 0 fully saturated rings. The largest absolute Gasteiger partial charge is 0.179 e. The number of unbranched alkanes of at least 4 members (excludes halogenated alkanes) is 1. The maximum atomic E-state index is 4.25. The number of allylic oxidation sites excluding steroid dienone is 2. The Bertz CT molecular complexity index is 125. The molecule has 72 valence electrons. The van der Waals surface area contributed by atoms with Gasteiger partial charge >= 0.3 is 0 Å². The highest BCUT2D eigenvalue weighted by atomic mass is 32.1. The molecule has 0 bridgehead atoms. The van der Waals surface area contributed by atoms with Gasteiger partial charge in [-0.05, 0) is 30.4 Å². The van der Waals surface area contributed by atoms with Crippen LogP contribution in [-0.4, -0.2) is 5.75 Å². The molecule has 0 rings (SSSR count). The number of hydrogen-bond acceptors (Lipinski definition) is 1. The fourth-order valence-corrected chi connectivity index (χ4v) is 1.70. The van der Waals surface area contributed by atoms with E-state index in [1.165, 1.54) is 25.7 Å². The minimum absolute atomic E-state index is 0.436. The van der Waals surface area contributed by atoms with Crippen LogP contribution in [0.25, 0.3) is 0 Å². The van der Waals surface area contributed by atoms with Gasteiger partial charge in [0.15, 0.2) is 0 Å². The second-order valence-electron chi connectivity index (χ2n) is 4.10. The molecule has 0 aromatic heterocycles. The van der Waals surface area contributed by atoms with E-state index in [0.717, 1.165) is 5.75 Å². The van der Waals surface area contributed by atoms with E-state index in [2.05, 4.69) is 45.6 Å². The van der Waals surface area contributed by atoms with Gasteiger partial charge in [-0.1, -0.05) is 39.3 Å². The third-order valence-electron chi connectivity index (χ3n) is 2.08. The van der Waals surface area contributed by atoms with Crippen LogP contribution in [0.1, 0.15) is 46.5 Å². The van der Waals surface area contributed by atoms with Gasteiger partial charge in [-0.3, -0.25) is 0 Å². The Kier molecular flexibility index (Phi) is 6.64.